The number of carboxylic acids is 1. The van der Waals surface area contributed by atoms with Crippen molar-refractivity contribution in [3.8, 4) is 0 Å². The summed E-state index contributed by atoms with van der Waals surface area (Å²) < 4.78 is 0. The van der Waals surface area contributed by atoms with E-state index in [4.69, 9.17) is 5.11 Å². The van der Waals surface area contributed by atoms with Gasteiger partial charge in [0, 0.05) is 0 Å². The molecule has 8 nitrogen and oxygen atoms in total. The summed E-state index contributed by atoms with van der Waals surface area (Å²) in [6, 6.07) is -2.52. The minimum atomic E-state index is -1.14. The Bertz CT molecular complexity index is 443. The van der Waals surface area contributed by atoms with E-state index in [0.717, 1.165) is 4.90 Å². The summed E-state index contributed by atoms with van der Waals surface area (Å²) in [5, 5.41) is 13.6. The van der Waals surface area contributed by atoms with Crippen molar-refractivity contribution < 1.29 is 24.3 Å². The van der Waals surface area contributed by atoms with Crippen LogP contribution in [0.25, 0.3) is 0 Å². The summed E-state index contributed by atoms with van der Waals surface area (Å²) in [6.07, 6.45) is 2.45. The zero-order valence-electron chi connectivity index (χ0n) is 11.9. The van der Waals surface area contributed by atoms with Crippen LogP contribution in [0.1, 0.15) is 19.8 Å². The molecule has 1 heterocycles. The van der Waals surface area contributed by atoms with Gasteiger partial charge in [-0.3, -0.25) is 14.9 Å². The number of amides is 4. The fourth-order valence-electron chi connectivity index (χ4n) is 2.01. The smallest absolute Gasteiger partial charge is 0.326 e. The Balaban J connectivity index is 2.76. The second-order valence-corrected chi connectivity index (χ2v) is 5.57. The third-order valence-electron chi connectivity index (χ3n) is 3.11. The molecular weight excluding hydrogens is 298 g/mol. The molecular formula is C12H19N3O5S. The monoisotopic (exact) mass is 317 g/mol. The Morgan fingerprint density at radius 1 is 1.52 bits per heavy atom. The Morgan fingerprint density at radius 3 is 2.71 bits per heavy atom. The van der Waals surface area contributed by atoms with E-state index in [0.29, 0.717) is 12.2 Å². The van der Waals surface area contributed by atoms with Gasteiger partial charge in [0.15, 0.2) is 0 Å². The fraction of sp³-hybridized carbons (Fsp3) is 0.667. The van der Waals surface area contributed by atoms with Crippen LogP contribution in [0, 0.1) is 0 Å². The maximum absolute atomic E-state index is 12.1. The number of aliphatic carboxylic acids is 1. The predicted octanol–water partition coefficient (Wildman–Crippen LogP) is -0.361. The molecule has 1 unspecified atom stereocenters. The lowest BCUT2D eigenvalue weighted by molar-refractivity contribution is -0.139. The molecule has 0 saturated carbocycles. The largest absolute Gasteiger partial charge is 0.480 e. The van der Waals surface area contributed by atoms with Crippen molar-refractivity contribution in [2.45, 2.75) is 31.8 Å². The molecule has 0 aliphatic carbocycles. The van der Waals surface area contributed by atoms with Crippen LogP contribution in [-0.4, -0.2) is 64.5 Å². The lowest BCUT2D eigenvalue weighted by atomic mass is 10.1. The quantitative estimate of drug-likeness (QED) is 0.576. The van der Waals surface area contributed by atoms with Crippen LogP contribution in [0.3, 0.4) is 0 Å². The van der Waals surface area contributed by atoms with E-state index in [1.54, 1.807) is 6.92 Å². The first-order valence-corrected chi connectivity index (χ1v) is 7.92. The Kier molecular flexibility index (Phi) is 6.47. The highest BCUT2D eigenvalue weighted by Crippen LogP contribution is 2.10. The number of thioether (sulfide) groups is 1. The highest BCUT2D eigenvalue weighted by atomic mass is 32.2. The lowest BCUT2D eigenvalue weighted by Gasteiger charge is -2.34. The first kappa shape index (κ1) is 17.3. The van der Waals surface area contributed by atoms with Crippen molar-refractivity contribution in [1.29, 1.82) is 0 Å². The SMILES string of the molecule is CCC1C(=O)NC(=O)CN1C(=O)N[C@H](CCSC)C(=O)O. The highest BCUT2D eigenvalue weighted by Gasteiger charge is 2.36. The van der Waals surface area contributed by atoms with Crippen molar-refractivity contribution in [3.63, 3.8) is 0 Å². The van der Waals surface area contributed by atoms with Crippen LogP contribution < -0.4 is 10.6 Å². The molecule has 0 radical (unpaired) electrons. The van der Waals surface area contributed by atoms with Crippen molar-refractivity contribution in [3.05, 3.63) is 0 Å². The van der Waals surface area contributed by atoms with Gasteiger partial charge in [-0.2, -0.15) is 11.8 Å². The summed E-state index contributed by atoms with van der Waals surface area (Å²) in [4.78, 5) is 47.4. The number of carbonyl (C=O) groups excluding carboxylic acids is 3. The van der Waals surface area contributed by atoms with Gasteiger partial charge in [0.1, 0.15) is 18.6 Å². The van der Waals surface area contributed by atoms with Gasteiger partial charge in [-0.15, -0.1) is 0 Å². The molecule has 0 spiro atoms. The van der Waals surface area contributed by atoms with E-state index in [2.05, 4.69) is 10.6 Å². The standard InChI is InChI=1S/C12H19N3O5S/c1-3-8-10(17)14-9(16)6-15(8)12(20)13-7(11(18)19)4-5-21-2/h7-8H,3-6H2,1-2H3,(H,13,20)(H,18,19)(H,14,16,17)/t7-,8?/m1/s1. The Hall–Kier alpha value is -1.77. The summed E-state index contributed by atoms with van der Waals surface area (Å²) in [6.45, 7) is 1.45. The molecule has 1 fully saturated rings. The van der Waals surface area contributed by atoms with Gasteiger partial charge >= 0.3 is 12.0 Å². The first-order valence-electron chi connectivity index (χ1n) is 6.53. The van der Waals surface area contributed by atoms with E-state index in [9.17, 15) is 19.2 Å². The summed E-state index contributed by atoms with van der Waals surface area (Å²) >= 11 is 1.47. The number of rotatable bonds is 6. The third-order valence-corrected chi connectivity index (χ3v) is 3.75. The van der Waals surface area contributed by atoms with Crippen LogP contribution in [0.5, 0.6) is 0 Å². The van der Waals surface area contributed by atoms with E-state index < -0.39 is 35.9 Å². The molecule has 0 aromatic heterocycles. The van der Waals surface area contributed by atoms with Gasteiger partial charge in [0.25, 0.3) is 0 Å². The van der Waals surface area contributed by atoms with Gasteiger partial charge in [-0.25, -0.2) is 9.59 Å². The summed E-state index contributed by atoms with van der Waals surface area (Å²) in [5.74, 6) is -1.68. The second kappa shape index (κ2) is 7.87. The minimum absolute atomic E-state index is 0.259. The summed E-state index contributed by atoms with van der Waals surface area (Å²) in [5.41, 5.74) is 0. The molecule has 3 N–H and O–H groups in total. The summed E-state index contributed by atoms with van der Waals surface area (Å²) in [7, 11) is 0. The number of urea groups is 1. The molecule has 9 heteroatoms. The molecule has 0 aromatic carbocycles. The highest BCUT2D eigenvalue weighted by molar-refractivity contribution is 7.98. The number of nitrogens with zero attached hydrogens (tertiary/aromatic N) is 1. The average molecular weight is 317 g/mol. The third kappa shape index (κ3) is 4.62. The topological polar surface area (TPSA) is 116 Å². The zero-order chi connectivity index (χ0) is 16.0. The lowest BCUT2D eigenvalue weighted by Crippen LogP contribution is -2.62. The maximum atomic E-state index is 12.1. The zero-order valence-corrected chi connectivity index (χ0v) is 12.7. The van der Waals surface area contributed by atoms with Crippen LogP contribution in [-0.2, 0) is 14.4 Å². The van der Waals surface area contributed by atoms with Gasteiger partial charge in [0.2, 0.25) is 11.8 Å². The molecule has 2 atom stereocenters. The fourth-order valence-corrected chi connectivity index (χ4v) is 2.48. The maximum Gasteiger partial charge on any atom is 0.326 e. The first-order chi connectivity index (χ1) is 9.90. The molecule has 118 valence electrons. The normalized spacial score (nSPS) is 19.9. The molecule has 1 saturated heterocycles. The molecule has 0 aromatic rings. The molecule has 4 amide bonds. The van der Waals surface area contributed by atoms with Gasteiger partial charge in [0.05, 0.1) is 0 Å². The molecule has 0 bridgehead atoms. The number of nitrogens with one attached hydrogen (secondary N) is 2. The van der Waals surface area contributed by atoms with Crippen molar-refractivity contribution in [2.75, 3.05) is 18.6 Å². The van der Waals surface area contributed by atoms with Crippen molar-refractivity contribution in [1.82, 2.24) is 15.5 Å². The Morgan fingerprint density at radius 2 is 2.19 bits per heavy atom. The molecule has 1 rings (SSSR count). The second-order valence-electron chi connectivity index (χ2n) is 4.59. The number of carboxylic acid groups (broad SMARTS) is 1. The van der Waals surface area contributed by atoms with Crippen LogP contribution in [0.15, 0.2) is 0 Å². The molecule has 1 aliphatic heterocycles. The van der Waals surface area contributed by atoms with Crippen LogP contribution >= 0.6 is 11.8 Å². The van der Waals surface area contributed by atoms with E-state index >= 15 is 0 Å². The van der Waals surface area contributed by atoms with E-state index in [1.165, 1.54) is 11.8 Å². The van der Waals surface area contributed by atoms with E-state index in [-0.39, 0.29) is 13.0 Å². The number of hydrogen-bond acceptors (Lipinski definition) is 5. The van der Waals surface area contributed by atoms with Crippen molar-refractivity contribution in [2.24, 2.45) is 0 Å². The Labute approximate surface area is 126 Å². The number of hydrogen-bond donors (Lipinski definition) is 3. The number of imide groups is 1. The van der Waals surface area contributed by atoms with E-state index in [1.807, 2.05) is 6.26 Å². The number of piperazine rings is 1. The van der Waals surface area contributed by atoms with Crippen molar-refractivity contribution >= 4 is 35.6 Å². The average Bonchev–Trinajstić information content (AvgIpc) is 2.42. The van der Waals surface area contributed by atoms with Gasteiger partial charge in [-0.05, 0) is 24.9 Å². The molecule has 21 heavy (non-hydrogen) atoms. The number of carbonyl (C=O) groups is 4. The minimum Gasteiger partial charge on any atom is -0.480 e. The van der Waals surface area contributed by atoms with Gasteiger partial charge < -0.3 is 15.3 Å². The molecule has 1 aliphatic rings. The van der Waals surface area contributed by atoms with Gasteiger partial charge in [-0.1, -0.05) is 6.92 Å². The predicted molar refractivity (Wildman–Crippen MR) is 76.9 cm³/mol. The van der Waals surface area contributed by atoms with Crippen LogP contribution in [0.2, 0.25) is 0 Å². The van der Waals surface area contributed by atoms with Crippen LogP contribution in [0.4, 0.5) is 4.79 Å².